The number of nitrogens with one attached hydrogen (secondary N) is 1. The minimum Gasteiger partial charge on any atom is -0.489 e. The SMILES string of the molecule is Cc1ccc2c(c1)N1C(=O)NCC1CO2. The molecule has 4 heteroatoms. The lowest BCUT2D eigenvalue weighted by atomic mass is 10.1. The largest absolute Gasteiger partial charge is 0.489 e. The van der Waals surface area contributed by atoms with Crippen LogP contribution in [0.25, 0.3) is 0 Å². The van der Waals surface area contributed by atoms with E-state index in [-0.39, 0.29) is 12.1 Å². The summed E-state index contributed by atoms with van der Waals surface area (Å²) in [5, 5.41) is 2.83. The van der Waals surface area contributed by atoms with Gasteiger partial charge in [-0.1, -0.05) is 6.07 Å². The van der Waals surface area contributed by atoms with Crippen molar-refractivity contribution in [3.63, 3.8) is 0 Å². The van der Waals surface area contributed by atoms with Crippen molar-refractivity contribution >= 4 is 11.7 Å². The van der Waals surface area contributed by atoms with Crippen molar-refractivity contribution in [1.29, 1.82) is 0 Å². The first-order valence-corrected chi connectivity index (χ1v) is 5.06. The smallest absolute Gasteiger partial charge is 0.322 e. The average Bonchev–Trinajstić information content (AvgIpc) is 2.60. The zero-order chi connectivity index (χ0) is 10.4. The van der Waals surface area contributed by atoms with E-state index in [2.05, 4.69) is 5.32 Å². The van der Waals surface area contributed by atoms with Gasteiger partial charge in [-0.15, -0.1) is 0 Å². The lowest BCUT2D eigenvalue weighted by Gasteiger charge is -2.30. The Kier molecular flexibility index (Phi) is 1.65. The molecule has 0 aliphatic carbocycles. The first-order chi connectivity index (χ1) is 7.25. The molecule has 1 atom stereocenters. The van der Waals surface area contributed by atoms with E-state index in [1.54, 1.807) is 4.90 Å². The third-order valence-electron chi connectivity index (χ3n) is 2.88. The van der Waals surface area contributed by atoms with Gasteiger partial charge in [-0.2, -0.15) is 0 Å². The van der Waals surface area contributed by atoms with Crippen molar-refractivity contribution in [2.24, 2.45) is 0 Å². The van der Waals surface area contributed by atoms with Crippen LogP contribution in [-0.2, 0) is 0 Å². The van der Waals surface area contributed by atoms with Gasteiger partial charge in [-0.25, -0.2) is 4.79 Å². The van der Waals surface area contributed by atoms with Crippen LogP contribution in [0, 0.1) is 6.92 Å². The van der Waals surface area contributed by atoms with Crippen molar-refractivity contribution in [3.05, 3.63) is 23.8 Å². The number of carbonyl (C=O) groups is 1. The number of amides is 2. The number of benzene rings is 1. The molecule has 1 aromatic carbocycles. The number of hydrogen-bond donors (Lipinski definition) is 1. The van der Waals surface area contributed by atoms with Crippen LogP contribution in [0.15, 0.2) is 18.2 Å². The molecule has 1 N–H and O–H groups in total. The van der Waals surface area contributed by atoms with E-state index in [1.807, 2.05) is 25.1 Å². The highest BCUT2D eigenvalue weighted by Gasteiger charge is 2.37. The lowest BCUT2D eigenvalue weighted by molar-refractivity contribution is 0.246. The van der Waals surface area contributed by atoms with E-state index in [0.29, 0.717) is 13.2 Å². The minimum atomic E-state index is -0.0184. The average molecular weight is 204 g/mol. The van der Waals surface area contributed by atoms with Gasteiger partial charge in [-0.05, 0) is 24.6 Å². The number of anilines is 1. The molecule has 0 radical (unpaired) electrons. The normalized spacial score (nSPS) is 22.9. The molecule has 0 spiro atoms. The number of aryl methyl sites for hydroxylation is 1. The van der Waals surface area contributed by atoms with Gasteiger partial charge in [0.1, 0.15) is 12.4 Å². The lowest BCUT2D eigenvalue weighted by Crippen LogP contribution is -2.41. The molecule has 3 rings (SSSR count). The number of fused-ring (bicyclic) bond motifs is 3. The highest BCUT2D eigenvalue weighted by molar-refractivity contribution is 5.97. The van der Waals surface area contributed by atoms with Gasteiger partial charge >= 0.3 is 6.03 Å². The monoisotopic (exact) mass is 204 g/mol. The number of carbonyl (C=O) groups excluding carboxylic acids is 1. The quantitative estimate of drug-likeness (QED) is 0.691. The fourth-order valence-corrected chi connectivity index (χ4v) is 2.11. The van der Waals surface area contributed by atoms with Gasteiger partial charge in [0.2, 0.25) is 0 Å². The van der Waals surface area contributed by atoms with Crippen LogP contribution in [0.4, 0.5) is 10.5 Å². The second kappa shape index (κ2) is 2.89. The molecular formula is C11H12N2O2. The maximum Gasteiger partial charge on any atom is 0.322 e. The standard InChI is InChI=1S/C11H12N2O2/c1-7-2-3-10-9(4-7)13-8(6-15-10)5-12-11(13)14/h2-4,8H,5-6H2,1H3,(H,12,14). The summed E-state index contributed by atoms with van der Waals surface area (Å²) in [6, 6.07) is 6.04. The van der Waals surface area contributed by atoms with Gasteiger partial charge in [0.05, 0.1) is 11.7 Å². The van der Waals surface area contributed by atoms with Crippen molar-refractivity contribution in [1.82, 2.24) is 5.32 Å². The topological polar surface area (TPSA) is 41.6 Å². The minimum absolute atomic E-state index is 0.0184. The van der Waals surface area contributed by atoms with E-state index < -0.39 is 0 Å². The summed E-state index contributed by atoms with van der Waals surface area (Å²) in [6.07, 6.45) is 0. The van der Waals surface area contributed by atoms with E-state index in [0.717, 1.165) is 17.0 Å². The number of urea groups is 1. The molecule has 2 heterocycles. The van der Waals surface area contributed by atoms with Crippen molar-refractivity contribution < 1.29 is 9.53 Å². The zero-order valence-electron chi connectivity index (χ0n) is 8.49. The predicted octanol–water partition coefficient (Wildman–Crippen LogP) is 1.29. The highest BCUT2D eigenvalue weighted by atomic mass is 16.5. The second-order valence-electron chi connectivity index (χ2n) is 3.99. The van der Waals surface area contributed by atoms with Crippen molar-refractivity contribution in [2.75, 3.05) is 18.1 Å². The maximum atomic E-state index is 11.6. The molecule has 1 aromatic rings. The maximum absolute atomic E-state index is 11.6. The Morgan fingerprint density at radius 2 is 2.40 bits per heavy atom. The third-order valence-corrected chi connectivity index (χ3v) is 2.88. The number of hydrogen-bond acceptors (Lipinski definition) is 2. The van der Waals surface area contributed by atoms with Gasteiger partial charge in [0, 0.05) is 6.54 Å². The van der Waals surface area contributed by atoms with Gasteiger partial charge in [-0.3, -0.25) is 4.90 Å². The molecule has 0 saturated carbocycles. The zero-order valence-corrected chi connectivity index (χ0v) is 8.49. The molecule has 2 aliphatic rings. The molecule has 0 aromatic heterocycles. The second-order valence-corrected chi connectivity index (χ2v) is 3.99. The number of rotatable bonds is 0. The van der Waals surface area contributed by atoms with E-state index in [4.69, 9.17) is 4.74 Å². The van der Waals surface area contributed by atoms with E-state index >= 15 is 0 Å². The molecule has 1 fully saturated rings. The molecule has 0 bridgehead atoms. The highest BCUT2D eigenvalue weighted by Crippen LogP contribution is 2.35. The van der Waals surface area contributed by atoms with Crippen LogP contribution >= 0.6 is 0 Å². The molecular weight excluding hydrogens is 192 g/mol. The number of nitrogens with zero attached hydrogens (tertiary/aromatic N) is 1. The van der Waals surface area contributed by atoms with Crippen LogP contribution in [0.2, 0.25) is 0 Å². The van der Waals surface area contributed by atoms with Crippen LogP contribution in [0.5, 0.6) is 5.75 Å². The Balaban J connectivity index is 2.12. The van der Waals surface area contributed by atoms with Crippen molar-refractivity contribution in [3.8, 4) is 5.75 Å². The summed E-state index contributed by atoms with van der Waals surface area (Å²) >= 11 is 0. The van der Waals surface area contributed by atoms with Crippen LogP contribution in [0.3, 0.4) is 0 Å². The summed E-state index contributed by atoms with van der Waals surface area (Å²) in [6.45, 7) is 3.26. The van der Waals surface area contributed by atoms with Gasteiger partial charge in [0.25, 0.3) is 0 Å². The number of ether oxygens (including phenoxy) is 1. The third kappa shape index (κ3) is 1.17. The van der Waals surface area contributed by atoms with Gasteiger partial charge in [0.15, 0.2) is 0 Å². The molecule has 78 valence electrons. The molecule has 4 nitrogen and oxygen atoms in total. The summed E-state index contributed by atoms with van der Waals surface area (Å²) in [5.41, 5.74) is 2.03. The Morgan fingerprint density at radius 1 is 1.53 bits per heavy atom. The Labute approximate surface area is 87.8 Å². The summed E-state index contributed by atoms with van der Waals surface area (Å²) in [7, 11) is 0. The molecule has 2 amide bonds. The summed E-state index contributed by atoms with van der Waals surface area (Å²) in [5.74, 6) is 0.800. The van der Waals surface area contributed by atoms with Crippen molar-refractivity contribution in [2.45, 2.75) is 13.0 Å². The summed E-state index contributed by atoms with van der Waals surface area (Å²) < 4.78 is 5.61. The van der Waals surface area contributed by atoms with Gasteiger partial charge < -0.3 is 10.1 Å². The van der Waals surface area contributed by atoms with Crippen LogP contribution in [0.1, 0.15) is 5.56 Å². The fourth-order valence-electron chi connectivity index (χ4n) is 2.11. The van der Waals surface area contributed by atoms with Crippen LogP contribution in [-0.4, -0.2) is 25.2 Å². The Bertz CT molecular complexity index is 431. The molecule has 2 aliphatic heterocycles. The molecule has 1 unspecified atom stereocenters. The summed E-state index contributed by atoms with van der Waals surface area (Å²) in [4.78, 5) is 13.4. The Hall–Kier alpha value is -1.71. The predicted molar refractivity (Wildman–Crippen MR) is 56.3 cm³/mol. The molecule has 15 heavy (non-hydrogen) atoms. The Morgan fingerprint density at radius 3 is 3.27 bits per heavy atom. The molecule has 1 saturated heterocycles. The first-order valence-electron chi connectivity index (χ1n) is 5.06. The van der Waals surface area contributed by atoms with E-state index in [9.17, 15) is 4.79 Å². The fraction of sp³-hybridized carbons (Fsp3) is 0.364. The first kappa shape index (κ1) is 8.59. The van der Waals surface area contributed by atoms with Crippen LogP contribution < -0.4 is 15.0 Å². The van der Waals surface area contributed by atoms with E-state index in [1.165, 1.54) is 0 Å².